The van der Waals surface area contributed by atoms with Crippen molar-refractivity contribution < 1.29 is 0 Å². The molecule has 3 aliphatic rings. The van der Waals surface area contributed by atoms with Crippen molar-refractivity contribution in [1.29, 1.82) is 0 Å². The fourth-order valence-electron chi connectivity index (χ4n) is 2.68. The Bertz CT molecular complexity index is 336. The zero-order valence-electron chi connectivity index (χ0n) is 7.56. The highest BCUT2D eigenvalue weighted by molar-refractivity contribution is 6.83. The Morgan fingerprint density at radius 2 is 2.38 bits per heavy atom. The second kappa shape index (κ2) is 2.80. The maximum Gasteiger partial charge on any atom is 0.182 e. The molecule has 0 aromatic carbocycles. The number of allylic oxidation sites excluding steroid dienone is 7. The van der Waals surface area contributed by atoms with E-state index in [1.54, 1.807) is 0 Å². The van der Waals surface area contributed by atoms with Gasteiger partial charge >= 0.3 is 0 Å². The maximum absolute atomic E-state index is 2.36. The van der Waals surface area contributed by atoms with Gasteiger partial charge in [-0.1, -0.05) is 47.6 Å². The summed E-state index contributed by atoms with van der Waals surface area (Å²) in [5, 5.41) is 0. The van der Waals surface area contributed by atoms with Crippen molar-refractivity contribution in [3.8, 4) is 0 Å². The molecule has 0 amide bonds. The fourth-order valence-corrected chi connectivity index (χ4v) is 2.68. The molecule has 0 N–H and O–H groups in total. The van der Waals surface area contributed by atoms with Crippen molar-refractivity contribution in [2.75, 3.05) is 0 Å². The van der Waals surface area contributed by atoms with Gasteiger partial charge in [-0.25, -0.2) is 0 Å². The summed E-state index contributed by atoms with van der Waals surface area (Å²) >= 11 is 0. The van der Waals surface area contributed by atoms with Gasteiger partial charge < -0.3 is 0 Å². The molecule has 2 heteroatoms. The molecule has 2 atom stereocenters. The summed E-state index contributed by atoms with van der Waals surface area (Å²) < 4.78 is 0. The second-order valence-corrected chi connectivity index (χ2v) is 4.03. The molecule has 0 aromatic rings. The first-order valence-corrected chi connectivity index (χ1v) is 5.02. The standard InChI is InChI=1S/C11H11B2/c1-3-9-5-2-6-11-12-8-7-10(4-1)13(9)11/h1-4,6-9,11H,5H2. The van der Waals surface area contributed by atoms with Crippen LogP contribution in [0.5, 0.6) is 0 Å². The molecule has 0 saturated heterocycles. The van der Waals surface area contributed by atoms with Gasteiger partial charge in [-0.3, -0.25) is 0 Å². The van der Waals surface area contributed by atoms with E-state index in [1.807, 2.05) is 0 Å². The van der Waals surface area contributed by atoms with Gasteiger partial charge in [0, 0.05) is 0 Å². The van der Waals surface area contributed by atoms with E-state index in [4.69, 9.17) is 0 Å². The van der Waals surface area contributed by atoms with Gasteiger partial charge in [0.15, 0.2) is 6.71 Å². The minimum Gasteiger partial charge on any atom is -0.123 e. The van der Waals surface area contributed by atoms with Crippen LogP contribution in [0.1, 0.15) is 6.42 Å². The monoisotopic (exact) mass is 165 g/mol. The van der Waals surface area contributed by atoms with Crippen LogP contribution in [0.4, 0.5) is 0 Å². The summed E-state index contributed by atoms with van der Waals surface area (Å²) in [4.78, 5) is 0. The molecular formula is C11H11B2. The Morgan fingerprint density at radius 1 is 1.38 bits per heavy atom. The van der Waals surface area contributed by atoms with Gasteiger partial charge in [-0.2, -0.15) is 0 Å². The van der Waals surface area contributed by atoms with Gasteiger partial charge in [-0.05, 0) is 12.2 Å². The lowest BCUT2D eigenvalue weighted by Gasteiger charge is -2.35. The quantitative estimate of drug-likeness (QED) is 0.381. The molecule has 3 heterocycles. The highest BCUT2D eigenvalue weighted by Crippen LogP contribution is 2.40. The molecule has 0 spiro atoms. The van der Waals surface area contributed by atoms with Crippen LogP contribution in [0.2, 0.25) is 11.5 Å². The molecule has 3 aliphatic heterocycles. The average Bonchev–Trinajstić information content (AvgIpc) is 2.19. The molecule has 61 valence electrons. The van der Waals surface area contributed by atoms with Crippen molar-refractivity contribution in [2.45, 2.75) is 18.0 Å². The molecular weight excluding hydrogens is 154 g/mol. The first-order valence-electron chi connectivity index (χ1n) is 5.02. The Morgan fingerprint density at radius 3 is 3.38 bits per heavy atom. The number of hydrogen-bond acceptors (Lipinski definition) is 0. The van der Waals surface area contributed by atoms with Crippen LogP contribution in [-0.2, 0) is 0 Å². The molecule has 3 rings (SSSR count). The Balaban J connectivity index is 2.08. The van der Waals surface area contributed by atoms with Gasteiger partial charge in [-0.15, -0.1) is 5.98 Å². The molecule has 0 aromatic heterocycles. The predicted molar refractivity (Wildman–Crippen MR) is 59.1 cm³/mol. The second-order valence-electron chi connectivity index (χ2n) is 4.03. The molecule has 0 fully saturated rings. The largest absolute Gasteiger partial charge is 0.182 e. The fraction of sp³-hybridized carbons (Fsp3) is 0.273. The highest BCUT2D eigenvalue weighted by atomic mass is 14.1. The van der Waals surface area contributed by atoms with E-state index in [9.17, 15) is 0 Å². The molecule has 0 saturated carbocycles. The van der Waals surface area contributed by atoms with Crippen LogP contribution < -0.4 is 0 Å². The van der Waals surface area contributed by atoms with Crippen molar-refractivity contribution in [3.63, 3.8) is 0 Å². The summed E-state index contributed by atoms with van der Waals surface area (Å²) in [6, 6.07) is 0. The summed E-state index contributed by atoms with van der Waals surface area (Å²) in [7, 11) is 2.32. The third kappa shape index (κ3) is 1.08. The maximum atomic E-state index is 2.36. The number of hydrogen-bond donors (Lipinski definition) is 0. The normalized spacial score (nSPS) is 33.8. The molecule has 13 heavy (non-hydrogen) atoms. The van der Waals surface area contributed by atoms with Crippen LogP contribution in [0.15, 0.2) is 47.9 Å². The summed E-state index contributed by atoms with van der Waals surface area (Å²) in [5.41, 5.74) is 2.17. The number of rotatable bonds is 0. The molecule has 0 nitrogen and oxygen atoms in total. The lowest BCUT2D eigenvalue weighted by molar-refractivity contribution is 0.967. The Labute approximate surface area is 80.4 Å². The van der Waals surface area contributed by atoms with Crippen LogP contribution >= 0.6 is 0 Å². The van der Waals surface area contributed by atoms with Crippen molar-refractivity contribution in [1.82, 2.24) is 0 Å². The summed E-state index contributed by atoms with van der Waals surface area (Å²) in [5.74, 6) is 2.94. The van der Waals surface area contributed by atoms with Crippen LogP contribution in [0, 0.1) is 0 Å². The van der Waals surface area contributed by atoms with E-state index in [-0.39, 0.29) is 0 Å². The van der Waals surface area contributed by atoms with Gasteiger partial charge in [0.1, 0.15) is 7.28 Å². The first-order chi connectivity index (χ1) is 6.45. The first kappa shape index (κ1) is 7.49. The zero-order valence-corrected chi connectivity index (χ0v) is 7.56. The van der Waals surface area contributed by atoms with Gasteiger partial charge in [0.2, 0.25) is 0 Å². The van der Waals surface area contributed by atoms with Gasteiger partial charge in [0.05, 0.1) is 0 Å². The van der Waals surface area contributed by atoms with Crippen molar-refractivity contribution >= 4 is 14.0 Å². The molecule has 1 radical (unpaired) electrons. The van der Waals surface area contributed by atoms with Crippen molar-refractivity contribution in [3.05, 3.63) is 47.9 Å². The van der Waals surface area contributed by atoms with Gasteiger partial charge in [0.25, 0.3) is 0 Å². The summed E-state index contributed by atoms with van der Waals surface area (Å²) in [6.45, 7) is 0.736. The van der Waals surface area contributed by atoms with E-state index in [0.717, 1.165) is 12.5 Å². The third-order valence-electron chi connectivity index (χ3n) is 3.30. The highest BCUT2D eigenvalue weighted by Gasteiger charge is 2.36. The summed E-state index contributed by atoms with van der Waals surface area (Å²) in [6.07, 6.45) is 15.0. The van der Waals surface area contributed by atoms with E-state index in [2.05, 4.69) is 49.7 Å². The average molecular weight is 165 g/mol. The Kier molecular flexibility index (Phi) is 1.61. The van der Waals surface area contributed by atoms with E-state index in [0.29, 0.717) is 5.72 Å². The minimum absolute atomic E-state index is 0.653. The topological polar surface area (TPSA) is 0 Å². The molecule has 2 unspecified atom stereocenters. The predicted octanol–water partition coefficient (Wildman–Crippen LogP) is 2.41. The molecule has 0 aliphatic carbocycles. The SMILES string of the molecule is [B]1C=CC2=CC=CC3CC=CC1B23. The third-order valence-corrected chi connectivity index (χ3v) is 3.30. The smallest absolute Gasteiger partial charge is 0.123 e. The van der Waals surface area contributed by atoms with Crippen LogP contribution in [-0.4, -0.2) is 14.0 Å². The van der Waals surface area contributed by atoms with Crippen LogP contribution in [0.3, 0.4) is 0 Å². The molecule has 0 bridgehead atoms. The van der Waals surface area contributed by atoms with E-state index in [1.165, 1.54) is 11.9 Å². The Hall–Kier alpha value is -0.910. The zero-order chi connectivity index (χ0) is 8.67. The van der Waals surface area contributed by atoms with E-state index >= 15 is 0 Å². The van der Waals surface area contributed by atoms with E-state index < -0.39 is 0 Å². The lowest BCUT2D eigenvalue weighted by Crippen LogP contribution is -2.35. The van der Waals surface area contributed by atoms with Crippen LogP contribution in [0.25, 0.3) is 0 Å². The van der Waals surface area contributed by atoms with Crippen molar-refractivity contribution in [2.24, 2.45) is 0 Å². The minimum atomic E-state index is 0.653. The lowest BCUT2D eigenvalue weighted by atomic mass is 9.19.